The molecule has 0 saturated carbocycles. The van der Waals surface area contributed by atoms with Gasteiger partial charge in [0.25, 0.3) is 0 Å². The number of nitrogen functional groups attached to an aromatic ring is 1. The third-order valence-corrected chi connectivity index (χ3v) is 3.16. The summed E-state index contributed by atoms with van der Waals surface area (Å²) in [4.78, 5) is 7.67. The Labute approximate surface area is 116 Å². The number of H-pyrrole nitrogens is 1. The van der Waals surface area contributed by atoms with Crippen molar-refractivity contribution in [1.82, 2.24) is 9.97 Å². The number of hydrogen-bond acceptors (Lipinski definition) is 4. The molecule has 1 heterocycles. The first-order valence-corrected chi connectivity index (χ1v) is 6.32. The minimum atomic E-state index is 0.690. The summed E-state index contributed by atoms with van der Waals surface area (Å²) < 4.78 is 5.25. The van der Waals surface area contributed by atoms with E-state index in [9.17, 15) is 0 Å². The van der Waals surface area contributed by atoms with Crippen LogP contribution in [0.4, 0.5) is 17.3 Å². The molecule has 5 heteroatoms. The van der Waals surface area contributed by atoms with Gasteiger partial charge in [-0.3, -0.25) is 0 Å². The molecule has 0 amide bonds. The highest BCUT2D eigenvalue weighted by molar-refractivity contribution is 5.81. The number of aromatic nitrogens is 2. The SMILES string of the molecule is COc1ccc(Nc2nc3ccc(N)cc3[nH]2)cc1C. The quantitative estimate of drug-likeness (QED) is 0.637. The third kappa shape index (κ3) is 2.25. The van der Waals surface area contributed by atoms with E-state index < -0.39 is 0 Å². The molecule has 2 aromatic carbocycles. The Kier molecular flexibility index (Phi) is 2.95. The predicted octanol–water partition coefficient (Wildman–Crippen LogP) is 3.21. The monoisotopic (exact) mass is 268 g/mol. The van der Waals surface area contributed by atoms with Gasteiger partial charge in [0.15, 0.2) is 0 Å². The van der Waals surface area contributed by atoms with Crippen LogP contribution in [0.1, 0.15) is 5.56 Å². The number of anilines is 3. The highest BCUT2D eigenvalue weighted by atomic mass is 16.5. The summed E-state index contributed by atoms with van der Waals surface area (Å²) in [7, 11) is 1.67. The second-order valence-electron chi connectivity index (χ2n) is 4.67. The van der Waals surface area contributed by atoms with Gasteiger partial charge in [0.2, 0.25) is 5.95 Å². The first-order chi connectivity index (χ1) is 9.65. The molecule has 0 atom stereocenters. The lowest BCUT2D eigenvalue weighted by atomic mass is 10.2. The number of aromatic amines is 1. The van der Waals surface area contributed by atoms with Gasteiger partial charge in [-0.2, -0.15) is 0 Å². The van der Waals surface area contributed by atoms with Crippen molar-refractivity contribution in [2.45, 2.75) is 6.92 Å². The molecule has 20 heavy (non-hydrogen) atoms. The van der Waals surface area contributed by atoms with Crippen LogP contribution in [-0.4, -0.2) is 17.1 Å². The van der Waals surface area contributed by atoms with Gasteiger partial charge in [-0.05, 0) is 48.9 Å². The van der Waals surface area contributed by atoms with Gasteiger partial charge in [0, 0.05) is 11.4 Å². The fraction of sp³-hybridized carbons (Fsp3) is 0.133. The summed E-state index contributed by atoms with van der Waals surface area (Å²) in [5.41, 5.74) is 10.3. The highest BCUT2D eigenvalue weighted by Gasteiger charge is 2.05. The van der Waals surface area contributed by atoms with Gasteiger partial charge in [0.05, 0.1) is 18.1 Å². The van der Waals surface area contributed by atoms with Crippen LogP contribution in [-0.2, 0) is 0 Å². The van der Waals surface area contributed by atoms with E-state index in [1.807, 2.05) is 43.3 Å². The normalized spacial score (nSPS) is 10.7. The van der Waals surface area contributed by atoms with Crippen molar-refractivity contribution in [2.75, 3.05) is 18.2 Å². The van der Waals surface area contributed by atoms with Gasteiger partial charge in [0.1, 0.15) is 5.75 Å². The van der Waals surface area contributed by atoms with E-state index in [0.717, 1.165) is 28.0 Å². The summed E-state index contributed by atoms with van der Waals surface area (Å²) in [6.07, 6.45) is 0. The fourth-order valence-electron chi connectivity index (χ4n) is 2.18. The molecule has 4 N–H and O–H groups in total. The number of nitrogens with two attached hydrogens (primary N) is 1. The molecular weight excluding hydrogens is 252 g/mol. The number of hydrogen-bond donors (Lipinski definition) is 3. The number of aryl methyl sites for hydroxylation is 1. The fourth-order valence-corrected chi connectivity index (χ4v) is 2.18. The second kappa shape index (κ2) is 4.77. The Morgan fingerprint density at radius 2 is 2.05 bits per heavy atom. The van der Waals surface area contributed by atoms with Crippen LogP contribution in [0.25, 0.3) is 11.0 Å². The van der Waals surface area contributed by atoms with Crippen molar-refractivity contribution in [3.63, 3.8) is 0 Å². The molecule has 0 saturated heterocycles. The largest absolute Gasteiger partial charge is 0.496 e. The zero-order chi connectivity index (χ0) is 14.1. The van der Waals surface area contributed by atoms with E-state index in [1.54, 1.807) is 7.11 Å². The molecule has 0 aliphatic carbocycles. The number of ether oxygens (including phenoxy) is 1. The minimum Gasteiger partial charge on any atom is -0.496 e. The molecule has 3 rings (SSSR count). The summed E-state index contributed by atoms with van der Waals surface area (Å²) >= 11 is 0. The molecule has 0 fully saturated rings. The Bertz CT molecular complexity index is 764. The van der Waals surface area contributed by atoms with Crippen molar-refractivity contribution in [3.05, 3.63) is 42.0 Å². The number of nitrogens with one attached hydrogen (secondary N) is 2. The summed E-state index contributed by atoms with van der Waals surface area (Å²) in [5, 5.41) is 3.24. The Morgan fingerprint density at radius 3 is 2.80 bits per heavy atom. The average molecular weight is 268 g/mol. The lowest BCUT2D eigenvalue weighted by Gasteiger charge is -2.07. The van der Waals surface area contributed by atoms with E-state index in [1.165, 1.54) is 0 Å². The van der Waals surface area contributed by atoms with Gasteiger partial charge in [-0.15, -0.1) is 0 Å². The average Bonchev–Trinajstić information content (AvgIpc) is 2.80. The molecule has 0 radical (unpaired) electrons. The summed E-state index contributed by atoms with van der Waals surface area (Å²) in [6.45, 7) is 2.00. The molecule has 0 spiro atoms. The summed E-state index contributed by atoms with van der Waals surface area (Å²) in [6, 6.07) is 11.5. The zero-order valence-electron chi connectivity index (χ0n) is 11.4. The highest BCUT2D eigenvalue weighted by Crippen LogP contribution is 2.24. The smallest absolute Gasteiger partial charge is 0.205 e. The number of fused-ring (bicyclic) bond motifs is 1. The van der Waals surface area contributed by atoms with Crippen LogP contribution in [0.15, 0.2) is 36.4 Å². The lowest BCUT2D eigenvalue weighted by molar-refractivity contribution is 0.412. The molecule has 102 valence electrons. The third-order valence-electron chi connectivity index (χ3n) is 3.16. The van der Waals surface area contributed by atoms with Crippen LogP contribution in [0.5, 0.6) is 5.75 Å². The van der Waals surface area contributed by atoms with Gasteiger partial charge >= 0.3 is 0 Å². The van der Waals surface area contributed by atoms with E-state index in [-0.39, 0.29) is 0 Å². The van der Waals surface area contributed by atoms with Crippen molar-refractivity contribution in [3.8, 4) is 5.75 Å². The first kappa shape index (κ1) is 12.3. The van der Waals surface area contributed by atoms with Gasteiger partial charge in [-0.1, -0.05) is 0 Å². The minimum absolute atomic E-state index is 0.690. The van der Waals surface area contributed by atoms with Crippen molar-refractivity contribution in [1.29, 1.82) is 0 Å². The predicted molar refractivity (Wildman–Crippen MR) is 81.5 cm³/mol. The number of benzene rings is 2. The molecule has 0 aliphatic rings. The topological polar surface area (TPSA) is 76.0 Å². The maximum absolute atomic E-state index is 5.76. The Hall–Kier alpha value is -2.69. The number of methoxy groups -OCH3 is 1. The van der Waals surface area contributed by atoms with Crippen LogP contribution in [0.2, 0.25) is 0 Å². The Balaban J connectivity index is 1.90. The lowest BCUT2D eigenvalue weighted by Crippen LogP contribution is -1.94. The van der Waals surface area contributed by atoms with Crippen LogP contribution < -0.4 is 15.8 Å². The number of nitrogens with zero attached hydrogens (tertiary/aromatic N) is 1. The number of imidazole rings is 1. The van der Waals surface area contributed by atoms with Crippen LogP contribution in [0, 0.1) is 6.92 Å². The van der Waals surface area contributed by atoms with E-state index in [4.69, 9.17) is 10.5 Å². The van der Waals surface area contributed by atoms with E-state index in [0.29, 0.717) is 11.6 Å². The molecule has 5 nitrogen and oxygen atoms in total. The summed E-state index contributed by atoms with van der Waals surface area (Å²) in [5.74, 6) is 1.56. The van der Waals surface area contributed by atoms with Gasteiger partial charge in [-0.25, -0.2) is 4.98 Å². The second-order valence-corrected chi connectivity index (χ2v) is 4.67. The maximum Gasteiger partial charge on any atom is 0.205 e. The zero-order valence-corrected chi connectivity index (χ0v) is 11.4. The maximum atomic E-state index is 5.76. The van der Waals surface area contributed by atoms with Crippen LogP contribution in [0.3, 0.4) is 0 Å². The first-order valence-electron chi connectivity index (χ1n) is 6.32. The molecule has 0 aliphatic heterocycles. The van der Waals surface area contributed by atoms with Crippen molar-refractivity contribution < 1.29 is 4.74 Å². The van der Waals surface area contributed by atoms with Crippen LogP contribution >= 0.6 is 0 Å². The molecule has 0 unspecified atom stereocenters. The van der Waals surface area contributed by atoms with Crippen molar-refractivity contribution >= 4 is 28.4 Å². The molecule has 0 bridgehead atoms. The Morgan fingerprint density at radius 1 is 1.20 bits per heavy atom. The van der Waals surface area contributed by atoms with E-state index in [2.05, 4.69) is 15.3 Å². The molecule has 1 aromatic heterocycles. The number of rotatable bonds is 3. The van der Waals surface area contributed by atoms with E-state index >= 15 is 0 Å². The molecule has 3 aromatic rings. The van der Waals surface area contributed by atoms with Crippen molar-refractivity contribution in [2.24, 2.45) is 0 Å². The van der Waals surface area contributed by atoms with Gasteiger partial charge < -0.3 is 20.8 Å². The molecular formula is C15H16N4O. The standard InChI is InChI=1S/C15H16N4O/c1-9-7-11(4-6-14(9)20-2)17-15-18-12-5-3-10(16)8-13(12)19-15/h3-8H,16H2,1-2H3,(H2,17,18,19).